The van der Waals surface area contributed by atoms with Crippen molar-refractivity contribution in [3.8, 4) is 0 Å². The van der Waals surface area contributed by atoms with Crippen LogP contribution in [0.4, 0.5) is 13.2 Å². The van der Waals surface area contributed by atoms with Crippen LogP contribution < -0.4 is 0 Å². The van der Waals surface area contributed by atoms with Gasteiger partial charge in [-0.25, -0.2) is 0 Å². The van der Waals surface area contributed by atoms with Gasteiger partial charge in [0.2, 0.25) is 0 Å². The van der Waals surface area contributed by atoms with Crippen molar-refractivity contribution in [2.75, 3.05) is 0 Å². The lowest BCUT2D eigenvalue weighted by Gasteiger charge is -2.27. The summed E-state index contributed by atoms with van der Waals surface area (Å²) < 4.78 is 63.5. The third-order valence-corrected chi connectivity index (χ3v) is 4.23. The minimum Gasteiger partial charge on any atom is -0.188 e. The van der Waals surface area contributed by atoms with Crippen LogP contribution >= 0.6 is 0 Å². The first-order valence-electron chi connectivity index (χ1n) is 6.03. The Bertz CT molecular complexity index is 761. The normalized spacial score (nSPS) is 16.3. The third-order valence-electron chi connectivity index (χ3n) is 3.26. The molecule has 8 heteroatoms. The van der Waals surface area contributed by atoms with Crippen molar-refractivity contribution < 1.29 is 25.9 Å². The summed E-state index contributed by atoms with van der Waals surface area (Å²) in [6.07, 6.45) is 0. The fourth-order valence-electron chi connectivity index (χ4n) is 2.43. The maximum Gasteiger partial charge on any atom is 0.524 e. The molecule has 0 radical (unpaired) electrons. The number of halogens is 3. The lowest BCUT2D eigenvalue weighted by molar-refractivity contribution is -0.112. The van der Waals surface area contributed by atoms with Crippen LogP contribution in [-0.4, -0.2) is 19.0 Å². The molecule has 0 aromatic heterocycles. The molecular weight excluding hydrogens is 307 g/mol. The third kappa shape index (κ3) is 2.50. The van der Waals surface area contributed by atoms with Gasteiger partial charge in [0.05, 0.1) is 13.1 Å². The van der Waals surface area contributed by atoms with Crippen molar-refractivity contribution in [3.05, 3.63) is 47.5 Å². The molecule has 4 nitrogen and oxygen atoms in total. The van der Waals surface area contributed by atoms with Crippen LogP contribution in [-0.2, 0) is 27.5 Å². The van der Waals surface area contributed by atoms with E-state index in [0.717, 1.165) is 27.0 Å². The molecular formula is C13H10F3NO3S. The average molecular weight is 317 g/mol. The van der Waals surface area contributed by atoms with Crippen LogP contribution in [0.15, 0.2) is 36.4 Å². The highest BCUT2D eigenvalue weighted by Crippen LogP contribution is 2.32. The fourth-order valence-corrected chi connectivity index (χ4v) is 2.90. The van der Waals surface area contributed by atoms with Gasteiger partial charge in [-0.2, -0.15) is 30.9 Å². The van der Waals surface area contributed by atoms with E-state index in [9.17, 15) is 21.6 Å². The average Bonchev–Trinajstić information content (AvgIpc) is 2.37. The van der Waals surface area contributed by atoms with Crippen LogP contribution in [0.2, 0.25) is 0 Å². The summed E-state index contributed by atoms with van der Waals surface area (Å²) in [5.74, 6) is 0. The zero-order chi connectivity index (χ0) is 15.3. The Balaban J connectivity index is 1.95. The van der Waals surface area contributed by atoms with E-state index in [1.54, 1.807) is 24.3 Å². The van der Waals surface area contributed by atoms with Gasteiger partial charge in [0.25, 0.3) is 0 Å². The van der Waals surface area contributed by atoms with E-state index in [1.807, 2.05) is 12.1 Å². The molecule has 0 aliphatic carbocycles. The lowest BCUT2D eigenvalue weighted by atomic mass is 9.96. The van der Waals surface area contributed by atoms with Crippen molar-refractivity contribution in [3.63, 3.8) is 0 Å². The molecule has 0 spiro atoms. The second kappa shape index (κ2) is 4.69. The van der Waals surface area contributed by atoms with Crippen molar-refractivity contribution in [2.45, 2.75) is 18.6 Å². The number of hydroxylamine groups is 2. The Labute approximate surface area is 118 Å². The molecule has 112 valence electrons. The molecule has 2 aromatic rings. The molecule has 1 aliphatic heterocycles. The Hall–Kier alpha value is -1.64. The molecule has 0 atom stereocenters. The first kappa shape index (κ1) is 14.3. The molecule has 1 aliphatic rings. The Morgan fingerprint density at radius 3 is 2.00 bits per heavy atom. The molecule has 0 amide bonds. The number of nitrogens with zero attached hydrogens (tertiary/aromatic N) is 1. The fraction of sp³-hybridized carbons (Fsp3) is 0.231. The van der Waals surface area contributed by atoms with Crippen molar-refractivity contribution in [1.82, 2.24) is 5.06 Å². The smallest absolute Gasteiger partial charge is 0.188 e. The first-order chi connectivity index (χ1) is 9.78. The van der Waals surface area contributed by atoms with E-state index >= 15 is 0 Å². The molecule has 21 heavy (non-hydrogen) atoms. The van der Waals surface area contributed by atoms with Gasteiger partial charge in [-0.05, 0) is 21.9 Å². The van der Waals surface area contributed by atoms with Crippen LogP contribution in [0.1, 0.15) is 11.1 Å². The molecule has 3 rings (SSSR count). The summed E-state index contributed by atoms with van der Waals surface area (Å²) in [7, 11) is -5.64. The largest absolute Gasteiger partial charge is 0.524 e. The van der Waals surface area contributed by atoms with Gasteiger partial charge in [0.1, 0.15) is 0 Å². The first-order valence-corrected chi connectivity index (χ1v) is 7.44. The minimum absolute atomic E-state index is 0.0241. The predicted octanol–water partition coefficient (Wildman–Crippen LogP) is 2.94. The number of hydrogen-bond acceptors (Lipinski definition) is 4. The van der Waals surface area contributed by atoms with E-state index in [0.29, 0.717) is 0 Å². The Morgan fingerprint density at radius 2 is 1.52 bits per heavy atom. The second-order valence-corrected chi connectivity index (χ2v) is 6.23. The number of alkyl halides is 3. The highest BCUT2D eigenvalue weighted by molar-refractivity contribution is 7.87. The molecule has 0 N–H and O–H groups in total. The molecule has 0 saturated heterocycles. The number of rotatable bonds is 2. The molecule has 0 bridgehead atoms. The van der Waals surface area contributed by atoms with Crippen molar-refractivity contribution in [1.29, 1.82) is 0 Å². The monoisotopic (exact) mass is 317 g/mol. The van der Waals surface area contributed by atoms with Crippen molar-refractivity contribution in [2.24, 2.45) is 0 Å². The van der Waals surface area contributed by atoms with Crippen LogP contribution in [0.3, 0.4) is 0 Å². The van der Waals surface area contributed by atoms with Gasteiger partial charge in [0, 0.05) is 0 Å². The van der Waals surface area contributed by atoms with Gasteiger partial charge in [-0.3, -0.25) is 0 Å². The van der Waals surface area contributed by atoms with E-state index < -0.39 is 15.6 Å². The predicted molar refractivity (Wildman–Crippen MR) is 69.3 cm³/mol. The SMILES string of the molecule is O=S(=O)(ON1Cc2cccc3cccc(c23)C1)C(F)(F)F. The van der Waals surface area contributed by atoms with Gasteiger partial charge in [-0.1, -0.05) is 36.4 Å². The van der Waals surface area contributed by atoms with Crippen LogP contribution in [0.5, 0.6) is 0 Å². The van der Waals surface area contributed by atoms with Gasteiger partial charge < -0.3 is 0 Å². The van der Waals surface area contributed by atoms with Crippen LogP contribution in [0.25, 0.3) is 10.8 Å². The maximum absolute atomic E-state index is 12.4. The molecule has 0 unspecified atom stereocenters. The highest BCUT2D eigenvalue weighted by Gasteiger charge is 2.49. The zero-order valence-electron chi connectivity index (χ0n) is 10.6. The molecule has 0 fully saturated rings. The second-order valence-electron chi connectivity index (χ2n) is 4.70. The summed E-state index contributed by atoms with van der Waals surface area (Å²) in [4.78, 5) is 0. The topological polar surface area (TPSA) is 46.6 Å². The summed E-state index contributed by atoms with van der Waals surface area (Å²) in [6, 6.07) is 10.8. The van der Waals surface area contributed by atoms with E-state index in [4.69, 9.17) is 0 Å². The summed E-state index contributed by atoms with van der Waals surface area (Å²) in [5, 5.41) is 2.70. The summed E-state index contributed by atoms with van der Waals surface area (Å²) in [5.41, 5.74) is -3.98. The molecule has 1 heterocycles. The molecule has 0 saturated carbocycles. The Morgan fingerprint density at radius 1 is 1.00 bits per heavy atom. The minimum atomic E-state index is -5.64. The van der Waals surface area contributed by atoms with E-state index in [1.165, 1.54) is 0 Å². The molecule has 2 aromatic carbocycles. The standard InChI is InChI=1S/C13H10F3NO3S/c14-13(15,16)21(18,19)20-17-7-10-5-1-3-9-4-2-6-11(8-17)12(9)10/h1-6H,7-8H2. The summed E-state index contributed by atoms with van der Waals surface area (Å²) in [6.45, 7) is -0.0483. The van der Waals surface area contributed by atoms with Gasteiger partial charge >= 0.3 is 15.6 Å². The number of hydrogen-bond donors (Lipinski definition) is 0. The van der Waals surface area contributed by atoms with Crippen LogP contribution in [0, 0.1) is 0 Å². The lowest BCUT2D eigenvalue weighted by Crippen LogP contribution is -2.35. The van der Waals surface area contributed by atoms with Gasteiger partial charge in [-0.15, -0.1) is 0 Å². The van der Waals surface area contributed by atoms with Crippen molar-refractivity contribution >= 4 is 20.9 Å². The number of benzene rings is 2. The highest BCUT2D eigenvalue weighted by atomic mass is 32.2. The zero-order valence-corrected chi connectivity index (χ0v) is 11.4. The van der Waals surface area contributed by atoms with E-state index in [2.05, 4.69) is 4.28 Å². The summed E-state index contributed by atoms with van der Waals surface area (Å²) >= 11 is 0. The Kier molecular flexibility index (Phi) is 3.19. The van der Waals surface area contributed by atoms with Gasteiger partial charge in [0.15, 0.2) is 0 Å². The quantitative estimate of drug-likeness (QED) is 0.799. The van der Waals surface area contributed by atoms with E-state index in [-0.39, 0.29) is 13.1 Å². The maximum atomic E-state index is 12.4.